The largest absolute Gasteiger partial charge is 0.311 e. The first-order valence-electron chi connectivity index (χ1n) is 11.1. The third kappa shape index (κ3) is 5.34. The quantitative estimate of drug-likeness (QED) is 0.624. The van der Waals surface area contributed by atoms with Gasteiger partial charge in [0, 0.05) is 36.9 Å². The van der Waals surface area contributed by atoms with Crippen molar-refractivity contribution in [3.05, 3.63) is 72.1 Å². The number of hydrogen-bond acceptors (Lipinski definition) is 5. The molecule has 170 valence electrons. The van der Waals surface area contributed by atoms with E-state index in [1.807, 2.05) is 54.6 Å². The molecule has 0 saturated heterocycles. The van der Waals surface area contributed by atoms with E-state index in [-0.39, 0.29) is 30.1 Å². The summed E-state index contributed by atoms with van der Waals surface area (Å²) in [6, 6.07) is 17.2. The second-order valence-corrected chi connectivity index (χ2v) is 8.99. The van der Waals surface area contributed by atoms with Gasteiger partial charge in [-0.2, -0.15) is 14.9 Å². The predicted molar refractivity (Wildman–Crippen MR) is 127 cm³/mol. The first kappa shape index (κ1) is 22.4. The molecular weight excluding hydrogens is 416 g/mol. The van der Waals surface area contributed by atoms with Crippen LogP contribution < -0.4 is 5.32 Å². The molecule has 0 atom stereocenters. The van der Waals surface area contributed by atoms with E-state index in [0.29, 0.717) is 24.6 Å². The van der Waals surface area contributed by atoms with Gasteiger partial charge in [0.05, 0.1) is 18.0 Å². The Morgan fingerprint density at radius 3 is 2.48 bits per heavy atom. The van der Waals surface area contributed by atoms with E-state index < -0.39 is 0 Å². The van der Waals surface area contributed by atoms with Crippen molar-refractivity contribution in [3.8, 4) is 5.82 Å². The number of anilines is 1. The second-order valence-electron chi connectivity index (χ2n) is 8.99. The molecule has 3 aromatic rings. The van der Waals surface area contributed by atoms with E-state index in [4.69, 9.17) is 0 Å². The fourth-order valence-corrected chi connectivity index (χ4v) is 3.52. The summed E-state index contributed by atoms with van der Waals surface area (Å²) >= 11 is 0. The molecule has 1 N–H and O–H groups in total. The van der Waals surface area contributed by atoms with Crippen molar-refractivity contribution in [3.63, 3.8) is 0 Å². The Balaban J connectivity index is 1.41. The van der Waals surface area contributed by atoms with E-state index in [0.717, 1.165) is 17.0 Å². The molecule has 0 radical (unpaired) electrons. The van der Waals surface area contributed by atoms with Crippen LogP contribution in [0, 0.1) is 0 Å². The van der Waals surface area contributed by atoms with Crippen LogP contribution in [0.4, 0.5) is 5.82 Å². The molecule has 0 aliphatic carbocycles. The van der Waals surface area contributed by atoms with E-state index in [1.54, 1.807) is 10.9 Å². The molecule has 0 fully saturated rings. The Labute approximate surface area is 193 Å². The van der Waals surface area contributed by atoms with Crippen LogP contribution in [-0.2, 0) is 15.0 Å². The monoisotopic (exact) mass is 444 g/mol. The van der Waals surface area contributed by atoms with Crippen molar-refractivity contribution in [2.75, 3.05) is 11.9 Å². The maximum absolute atomic E-state index is 12.7. The van der Waals surface area contributed by atoms with Crippen molar-refractivity contribution in [2.24, 2.45) is 5.10 Å². The first-order valence-corrected chi connectivity index (χ1v) is 11.1. The van der Waals surface area contributed by atoms with Gasteiger partial charge in [-0.3, -0.25) is 9.59 Å². The maximum Gasteiger partial charge on any atom is 0.243 e. The van der Waals surface area contributed by atoms with Gasteiger partial charge in [0.25, 0.3) is 0 Å². The molecule has 0 saturated carbocycles. The molecule has 1 aliphatic heterocycles. The van der Waals surface area contributed by atoms with Crippen LogP contribution in [0.15, 0.2) is 65.9 Å². The van der Waals surface area contributed by atoms with Crippen LogP contribution in [0.1, 0.15) is 51.3 Å². The fourth-order valence-electron chi connectivity index (χ4n) is 3.52. The van der Waals surface area contributed by atoms with Gasteiger partial charge in [0.1, 0.15) is 5.82 Å². The lowest BCUT2D eigenvalue weighted by atomic mass is 9.92. The predicted octanol–water partition coefficient (Wildman–Crippen LogP) is 3.92. The van der Waals surface area contributed by atoms with E-state index in [2.05, 4.69) is 41.3 Å². The zero-order chi connectivity index (χ0) is 23.4. The van der Waals surface area contributed by atoms with E-state index in [9.17, 15) is 9.59 Å². The molecule has 0 spiro atoms. The van der Waals surface area contributed by atoms with Crippen molar-refractivity contribution in [2.45, 2.75) is 45.4 Å². The standard InChI is InChI=1S/C25H28N6O2/c1-25(2,3)20-17-22(31(29-20)21-11-7-8-15-26-21)27-23(32)12-13-24(33)30-16-14-19(28-30)18-9-5-4-6-10-18/h4-11,15,17H,12-14,16H2,1-3H3,(H,27,32). The summed E-state index contributed by atoms with van der Waals surface area (Å²) in [4.78, 5) is 29.6. The summed E-state index contributed by atoms with van der Waals surface area (Å²) < 4.78 is 1.62. The lowest BCUT2D eigenvalue weighted by Gasteiger charge is -2.13. The number of nitrogens with one attached hydrogen (secondary N) is 1. The van der Waals surface area contributed by atoms with Crippen molar-refractivity contribution >= 4 is 23.3 Å². The summed E-state index contributed by atoms with van der Waals surface area (Å²) in [5.41, 5.74) is 2.55. The number of amides is 2. The number of benzene rings is 1. The zero-order valence-electron chi connectivity index (χ0n) is 19.2. The van der Waals surface area contributed by atoms with Crippen LogP contribution in [0.5, 0.6) is 0 Å². The molecule has 2 aromatic heterocycles. The van der Waals surface area contributed by atoms with Gasteiger partial charge in [-0.1, -0.05) is 57.2 Å². The van der Waals surface area contributed by atoms with Gasteiger partial charge >= 0.3 is 0 Å². The SMILES string of the molecule is CC(C)(C)c1cc(NC(=O)CCC(=O)N2CCC(c3ccccc3)=N2)n(-c2ccccn2)n1. The highest BCUT2D eigenvalue weighted by atomic mass is 16.2. The smallest absolute Gasteiger partial charge is 0.243 e. The summed E-state index contributed by atoms with van der Waals surface area (Å²) in [6.07, 6.45) is 2.53. The molecule has 8 nitrogen and oxygen atoms in total. The Kier molecular flexibility index (Phi) is 6.35. The third-order valence-corrected chi connectivity index (χ3v) is 5.37. The highest BCUT2D eigenvalue weighted by molar-refractivity contribution is 6.02. The highest BCUT2D eigenvalue weighted by Gasteiger charge is 2.24. The summed E-state index contributed by atoms with van der Waals surface area (Å²) in [7, 11) is 0. The van der Waals surface area contributed by atoms with Crippen molar-refractivity contribution in [1.29, 1.82) is 0 Å². The number of rotatable bonds is 6. The average Bonchev–Trinajstić information content (AvgIpc) is 3.46. The average molecular weight is 445 g/mol. The van der Waals surface area contributed by atoms with Crippen LogP contribution in [0.2, 0.25) is 0 Å². The van der Waals surface area contributed by atoms with E-state index >= 15 is 0 Å². The lowest BCUT2D eigenvalue weighted by molar-refractivity contribution is -0.132. The number of carbonyl (C=O) groups excluding carboxylic acids is 2. The van der Waals surface area contributed by atoms with Crippen LogP contribution in [-0.4, -0.2) is 43.8 Å². The number of pyridine rings is 1. The fraction of sp³-hybridized carbons (Fsp3) is 0.320. The molecule has 1 aromatic carbocycles. The number of aromatic nitrogens is 3. The highest BCUT2D eigenvalue weighted by Crippen LogP contribution is 2.26. The maximum atomic E-state index is 12.7. The Hall–Kier alpha value is -3.81. The number of hydrogen-bond donors (Lipinski definition) is 1. The number of hydrazone groups is 1. The second kappa shape index (κ2) is 9.36. The number of carbonyl (C=O) groups is 2. The molecule has 1 aliphatic rings. The summed E-state index contributed by atoms with van der Waals surface area (Å²) in [6.45, 7) is 6.71. The topological polar surface area (TPSA) is 92.5 Å². The summed E-state index contributed by atoms with van der Waals surface area (Å²) in [5, 5.41) is 13.5. The molecule has 2 amide bonds. The van der Waals surface area contributed by atoms with Gasteiger partial charge in [0.2, 0.25) is 11.8 Å². The van der Waals surface area contributed by atoms with Gasteiger partial charge < -0.3 is 5.32 Å². The molecular formula is C25H28N6O2. The van der Waals surface area contributed by atoms with Crippen LogP contribution >= 0.6 is 0 Å². The molecule has 33 heavy (non-hydrogen) atoms. The van der Waals surface area contributed by atoms with Crippen LogP contribution in [0.25, 0.3) is 5.82 Å². The normalized spacial score (nSPS) is 13.7. The van der Waals surface area contributed by atoms with E-state index in [1.165, 1.54) is 5.01 Å². The Morgan fingerprint density at radius 2 is 1.79 bits per heavy atom. The minimum atomic E-state index is -0.257. The molecule has 0 bridgehead atoms. The first-order chi connectivity index (χ1) is 15.8. The molecule has 3 heterocycles. The Bertz CT molecular complexity index is 1160. The van der Waals surface area contributed by atoms with Gasteiger partial charge in [-0.25, -0.2) is 9.99 Å². The lowest BCUT2D eigenvalue weighted by Crippen LogP contribution is -2.25. The minimum absolute atomic E-state index is 0.0593. The molecule has 4 rings (SSSR count). The molecule has 0 unspecified atom stereocenters. The van der Waals surface area contributed by atoms with Gasteiger partial charge in [-0.15, -0.1) is 0 Å². The zero-order valence-corrected chi connectivity index (χ0v) is 19.2. The third-order valence-electron chi connectivity index (χ3n) is 5.37. The minimum Gasteiger partial charge on any atom is -0.311 e. The van der Waals surface area contributed by atoms with Crippen molar-refractivity contribution in [1.82, 2.24) is 19.8 Å². The molecule has 8 heteroatoms. The Morgan fingerprint density at radius 1 is 1.03 bits per heavy atom. The van der Waals surface area contributed by atoms with Crippen LogP contribution in [0.3, 0.4) is 0 Å². The van der Waals surface area contributed by atoms with Crippen molar-refractivity contribution < 1.29 is 9.59 Å². The van der Waals surface area contributed by atoms with Gasteiger partial charge in [-0.05, 0) is 17.7 Å². The number of nitrogens with zero attached hydrogens (tertiary/aromatic N) is 5. The van der Waals surface area contributed by atoms with Gasteiger partial charge in [0.15, 0.2) is 5.82 Å². The summed E-state index contributed by atoms with van der Waals surface area (Å²) in [5.74, 6) is 0.720.